The number of benzene rings is 1. The maximum absolute atomic E-state index is 4.36. The van der Waals surface area contributed by atoms with E-state index in [9.17, 15) is 0 Å². The fourth-order valence-electron chi connectivity index (χ4n) is 1.79. The second-order valence-electron chi connectivity index (χ2n) is 3.78. The molecule has 84 valence electrons. The van der Waals surface area contributed by atoms with Gasteiger partial charge in [-0.05, 0) is 25.5 Å². The Morgan fingerprint density at radius 2 is 2.12 bits per heavy atom. The minimum absolute atomic E-state index is 0.367. The quantitative estimate of drug-likeness (QED) is 0.857. The third-order valence-electron chi connectivity index (χ3n) is 2.72. The molecule has 2 rings (SSSR count). The first-order chi connectivity index (χ1) is 7.90. The van der Waals surface area contributed by atoms with Crippen molar-refractivity contribution in [1.82, 2.24) is 10.3 Å². The number of hydrogen-bond donors (Lipinski definition) is 1. The van der Waals surface area contributed by atoms with Gasteiger partial charge >= 0.3 is 0 Å². The zero-order chi connectivity index (χ0) is 11.2. The second kappa shape index (κ2) is 5.77. The summed E-state index contributed by atoms with van der Waals surface area (Å²) in [6.45, 7) is 0. The van der Waals surface area contributed by atoms with Crippen molar-refractivity contribution < 1.29 is 0 Å². The molecule has 1 heterocycles. The Hall–Kier alpha value is -1.19. The van der Waals surface area contributed by atoms with Gasteiger partial charge in [-0.3, -0.25) is 0 Å². The number of nitrogens with zero attached hydrogens (tertiary/aromatic N) is 1. The van der Waals surface area contributed by atoms with Crippen LogP contribution < -0.4 is 5.32 Å². The summed E-state index contributed by atoms with van der Waals surface area (Å²) in [6, 6.07) is 11.0. The molecule has 3 heteroatoms. The fraction of sp³-hybridized carbons (Fsp3) is 0.308. The molecule has 16 heavy (non-hydrogen) atoms. The van der Waals surface area contributed by atoms with Crippen molar-refractivity contribution in [2.45, 2.75) is 18.9 Å². The molecule has 0 radical (unpaired) electrons. The van der Waals surface area contributed by atoms with Crippen molar-refractivity contribution in [2.24, 2.45) is 0 Å². The largest absolute Gasteiger partial charge is 0.312 e. The predicted molar refractivity (Wildman–Crippen MR) is 68.7 cm³/mol. The Bertz CT molecular complexity index is 397. The highest BCUT2D eigenvalue weighted by Crippen LogP contribution is 2.18. The summed E-state index contributed by atoms with van der Waals surface area (Å²) in [5.41, 5.74) is 4.43. The average molecular weight is 232 g/mol. The molecule has 0 aliphatic rings. The molecule has 0 bridgehead atoms. The summed E-state index contributed by atoms with van der Waals surface area (Å²) in [5.74, 6) is 0. The van der Waals surface area contributed by atoms with Crippen molar-refractivity contribution in [3.63, 3.8) is 0 Å². The Kier molecular flexibility index (Phi) is 4.08. The van der Waals surface area contributed by atoms with Gasteiger partial charge in [-0.1, -0.05) is 30.3 Å². The molecular weight excluding hydrogens is 216 g/mol. The smallest absolute Gasteiger partial charge is 0.0795 e. The first kappa shape index (κ1) is 11.3. The van der Waals surface area contributed by atoms with E-state index < -0.39 is 0 Å². The second-order valence-corrected chi connectivity index (χ2v) is 4.50. The van der Waals surface area contributed by atoms with Gasteiger partial charge in [0, 0.05) is 5.38 Å². The van der Waals surface area contributed by atoms with Crippen LogP contribution in [0.5, 0.6) is 0 Å². The van der Waals surface area contributed by atoms with E-state index in [1.54, 1.807) is 11.3 Å². The van der Waals surface area contributed by atoms with Crippen LogP contribution in [0.15, 0.2) is 41.2 Å². The van der Waals surface area contributed by atoms with Crippen LogP contribution >= 0.6 is 11.3 Å². The van der Waals surface area contributed by atoms with Gasteiger partial charge in [0.1, 0.15) is 0 Å². The minimum atomic E-state index is 0.367. The van der Waals surface area contributed by atoms with E-state index in [0.717, 1.165) is 18.5 Å². The molecule has 0 aliphatic heterocycles. The lowest BCUT2D eigenvalue weighted by Gasteiger charge is -2.13. The maximum Gasteiger partial charge on any atom is 0.0795 e. The first-order valence-electron chi connectivity index (χ1n) is 5.49. The van der Waals surface area contributed by atoms with Crippen LogP contribution in [0.25, 0.3) is 0 Å². The Labute approximate surface area is 100 Å². The molecule has 0 spiro atoms. The fourth-order valence-corrected chi connectivity index (χ4v) is 2.40. The monoisotopic (exact) mass is 232 g/mol. The van der Waals surface area contributed by atoms with Crippen molar-refractivity contribution >= 4 is 11.3 Å². The third kappa shape index (κ3) is 2.90. The van der Waals surface area contributed by atoms with E-state index >= 15 is 0 Å². The Balaban J connectivity index is 1.94. The van der Waals surface area contributed by atoms with Gasteiger partial charge in [-0.2, -0.15) is 0 Å². The van der Waals surface area contributed by atoms with Crippen LogP contribution in [-0.2, 0) is 6.42 Å². The molecule has 0 saturated heterocycles. The van der Waals surface area contributed by atoms with Crippen LogP contribution in [0, 0.1) is 0 Å². The molecule has 0 aliphatic carbocycles. The normalized spacial score (nSPS) is 12.6. The lowest BCUT2D eigenvalue weighted by atomic mass is 10.0. The minimum Gasteiger partial charge on any atom is -0.312 e. The molecule has 1 unspecified atom stereocenters. The Morgan fingerprint density at radius 1 is 1.31 bits per heavy atom. The highest BCUT2D eigenvalue weighted by molar-refractivity contribution is 7.07. The van der Waals surface area contributed by atoms with Crippen LogP contribution in [-0.4, -0.2) is 12.0 Å². The van der Waals surface area contributed by atoms with Crippen molar-refractivity contribution in [2.75, 3.05) is 7.05 Å². The van der Waals surface area contributed by atoms with Gasteiger partial charge in [0.05, 0.1) is 17.2 Å². The van der Waals surface area contributed by atoms with E-state index in [2.05, 4.69) is 46.0 Å². The summed E-state index contributed by atoms with van der Waals surface area (Å²) in [4.78, 5) is 4.36. The number of thiazole rings is 1. The van der Waals surface area contributed by atoms with Gasteiger partial charge in [0.25, 0.3) is 0 Å². The summed E-state index contributed by atoms with van der Waals surface area (Å²) in [7, 11) is 2.00. The van der Waals surface area contributed by atoms with Crippen molar-refractivity contribution in [3.8, 4) is 0 Å². The van der Waals surface area contributed by atoms with Crippen LogP contribution in [0.4, 0.5) is 0 Å². The molecule has 0 saturated carbocycles. The first-order valence-corrected chi connectivity index (χ1v) is 6.43. The number of aryl methyl sites for hydroxylation is 1. The van der Waals surface area contributed by atoms with Crippen molar-refractivity contribution in [1.29, 1.82) is 0 Å². The highest BCUT2D eigenvalue weighted by Gasteiger charge is 2.10. The molecule has 2 nitrogen and oxygen atoms in total. The molecule has 2 aromatic rings. The topological polar surface area (TPSA) is 24.9 Å². The zero-order valence-electron chi connectivity index (χ0n) is 9.39. The lowest BCUT2D eigenvalue weighted by molar-refractivity contribution is 0.538. The average Bonchev–Trinajstić information content (AvgIpc) is 2.85. The number of aromatic nitrogens is 1. The van der Waals surface area contributed by atoms with E-state index in [1.807, 2.05) is 12.6 Å². The SMILES string of the molecule is CNC(CCc1ccccc1)c1cscn1. The summed E-state index contributed by atoms with van der Waals surface area (Å²) in [6.07, 6.45) is 2.17. The molecular formula is C13H16N2S. The summed E-state index contributed by atoms with van der Waals surface area (Å²) >= 11 is 1.65. The number of nitrogens with one attached hydrogen (secondary N) is 1. The zero-order valence-corrected chi connectivity index (χ0v) is 10.2. The molecule has 0 fully saturated rings. The molecule has 1 aromatic carbocycles. The Morgan fingerprint density at radius 3 is 2.75 bits per heavy atom. The summed E-state index contributed by atoms with van der Waals surface area (Å²) < 4.78 is 0. The molecule has 1 N–H and O–H groups in total. The van der Waals surface area contributed by atoms with Crippen molar-refractivity contribution in [3.05, 3.63) is 52.5 Å². The van der Waals surface area contributed by atoms with E-state index in [1.165, 1.54) is 5.56 Å². The van der Waals surface area contributed by atoms with Gasteiger partial charge in [0.2, 0.25) is 0 Å². The van der Waals surface area contributed by atoms with Gasteiger partial charge in [-0.25, -0.2) is 4.98 Å². The van der Waals surface area contributed by atoms with E-state index in [0.29, 0.717) is 6.04 Å². The molecule has 1 atom stereocenters. The number of rotatable bonds is 5. The molecule has 1 aromatic heterocycles. The van der Waals surface area contributed by atoms with E-state index in [-0.39, 0.29) is 0 Å². The summed E-state index contributed by atoms with van der Waals surface area (Å²) in [5, 5.41) is 5.44. The van der Waals surface area contributed by atoms with Gasteiger partial charge < -0.3 is 5.32 Å². The molecule has 0 amide bonds. The highest BCUT2D eigenvalue weighted by atomic mass is 32.1. The van der Waals surface area contributed by atoms with E-state index in [4.69, 9.17) is 0 Å². The lowest BCUT2D eigenvalue weighted by Crippen LogP contribution is -2.17. The van der Waals surface area contributed by atoms with Crippen LogP contribution in [0.2, 0.25) is 0 Å². The third-order valence-corrected chi connectivity index (χ3v) is 3.33. The van der Waals surface area contributed by atoms with Gasteiger partial charge in [0.15, 0.2) is 0 Å². The van der Waals surface area contributed by atoms with Crippen LogP contribution in [0.3, 0.4) is 0 Å². The number of hydrogen-bond acceptors (Lipinski definition) is 3. The van der Waals surface area contributed by atoms with Gasteiger partial charge in [-0.15, -0.1) is 11.3 Å². The van der Waals surface area contributed by atoms with Crippen LogP contribution in [0.1, 0.15) is 23.7 Å². The predicted octanol–water partition coefficient (Wildman–Crippen LogP) is 3.04. The maximum atomic E-state index is 4.36. The standard InChI is InChI=1S/C13H16N2S/c1-14-12(13-9-16-10-15-13)8-7-11-5-3-2-4-6-11/h2-6,9-10,12,14H,7-8H2,1H3.